The predicted molar refractivity (Wildman–Crippen MR) is 83.0 cm³/mol. The van der Waals surface area contributed by atoms with E-state index in [-0.39, 0.29) is 5.41 Å². The maximum absolute atomic E-state index is 5.97. The van der Waals surface area contributed by atoms with Crippen molar-refractivity contribution in [3.63, 3.8) is 0 Å². The third-order valence-corrected chi connectivity index (χ3v) is 5.38. The quantitative estimate of drug-likeness (QED) is 0.902. The van der Waals surface area contributed by atoms with Crippen LogP contribution in [0, 0.1) is 11.3 Å². The van der Waals surface area contributed by atoms with E-state index in [0.717, 1.165) is 11.6 Å². The van der Waals surface area contributed by atoms with Gasteiger partial charge in [-0.1, -0.05) is 37.6 Å². The summed E-state index contributed by atoms with van der Waals surface area (Å²) in [6.07, 6.45) is 2.93. The van der Waals surface area contributed by atoms with Crippen molar-refractivity contribution in [3.05, 3.63) is 34.9 Å². The van der Waals surface area contributed by atoms with E-state index in [4.69, 9.17) is 16.3 Å². The molecule has 1 aliphatic heterocycles. The Kier molecular flexibility index (Phi) is 3.83. The van der Waals surface area contributed by atoms with Crippen LogP contribution >= 0.6 is 11.6 Å². The van der Waals surface area contributed by atoms with Crippen LogP contribution in [0.2, 0.25) is 5.02 Å². The molecule has 0 radical (unpaired) electrons. The monoisotopic (exact) mass is 293 g/mol. The fourth-order valence-corrected chi connectivity index (χ4v) is 4.10. The highest BCUT2D eigenvalue weighted by atomic mass is 35.5. The molecule has 2 fully saturated rings. The van der Waals surface area contributed by atoms with Gasteiger partial charge in [0.05, 0.1) is 6.10 Å². The molecule has 0 bridgehead atoms. The molecule has 110 valence electrons. The number of ether oxygens (including phenoxy) is 1. The lowest BCUT2D eigenvalue weighted by molar-refractivity contribution is -0.194. The molecule has 1 N–H and O–H groups in total. The highest BCUT2D eigenvalue weighted by Gasteiger charge is 2.57. The molecule has 0 aromatic heterocycles. The first-order chi connectivity index (χ1) is 9.50. The van der Waals surface area contributed by atoms with Crippen molar-refractivity contribution in [2.24, 2.45) is 11.3 Å². The minimum absolute atomic E-state index is 0.228. The van der Waals surface area contributed by atoms with Crippen LogP contribution in [0.4, 0.5) is 0 Å². The van der Waals surface area contributed by atoms with Gasteiger partial charge in [-0.3, -0.25) is 0 Å². The maximum atomic E-state index is 5.97. The molecule has 20 heavy (non-hydrogen) atoms. The van der Waals surface area contributed by atoms with Gasteiger partial charge in [-0.15, -0.1) is 0 Å². The van der Waals surface area contributed by atoms with Gasteiger partial charge in [-0.25, -0.2) is 0 Å². The molecule has 2 nitrogen and oxygen atoms in total. The molecule has 3 unspecified atom stereocenters. The van der Waals surface area contributed by atoms with E-state index in [1.54, 1.807) is 0 Å². The zero-order valence-electron chi connectivity index (χ0n) is 12.5. The second-order valence-electron chi connectivity index (χ2n) is 6.84. The minimum Gasteiger partial charge on any atom is -0.377 e. The average molecular weight is 294 g/mol. The van der Waals surface area contributed by atoms with Crippen LogP contribution < -0.4 is 5.32 Å². The summed E-state index contributed by atoms with van der Waals surface area (Å²) < 4.78 is 5.97. The molecule has 0 amide bonds. The Hall–Kier alpha value is -0.570. The molecule has 1 saturated carbocycles. The van der Waals surface area contributed by atoms with Gasteiger partial charge >= 0.3 is 0 Å². The summed E-state index contributed by atoms with van der Waals surface area (Å²) in [7, 11) is 0. The maximum Gasteiger partial charge on any atom is 0.0684 e. The Morgan fingerprint density at radius 2 is 2.00 bits per heavy atom. The number of rotatable bonds is 3. The van der Waals surface area contributed by atoms with Crippen molar-refractivity contribution >= 4 is 11.6 Å². The number of halogens is 1. The van der Waals surface area contributed by atoms with E-state index >= 15 is 0 Å². The van der Waals surface area contributed by atoms with Gasteiger partial charge in [0.15, 0.2) is 0 Å². The van der Waals surface area contributed by atoms with Gasteiger partial charge in [-0.2, -0.15) is 0 Å². The fourth-order valence-electron chi connectivity index (χ4n) is 3.98. The SMILES string of the molecule is C[C@@H](NC1C2CCCOC2C1(C)C)c1ccc(Cl)cc1. The number of nitrogens with one attached hydrogen (secondary N) is 1. The molecule has 1 aromatic carbocycles. The van der Waals surface area contributed by atoms with Crippen molar-refractivity contribution in [3.8, 4) is 0 Å². The van der Waals surface area contributed by atoms with Crippen molar-refractivity contribution in [2.45, 2.75) is 51.8 Å². The second kappa shape index (κ2) is 5.32. The Labute approximate surface area is 126 Å². The van der Waals surface area contributed by atoms with Crippen LogP contribution in [0.1, 0.15) is 45.2 Å². The summed E-state index contributed by atoms with van der Waals surface area (Å²) >= 11 is 5.96. The summed E-state index contributed by atoms with van der Waals surface area (Å²) in [5, 5.41) is 4.62. The Bertz CT molecular complexity index is 470. The van der Waals surface area contributed by atoms with Crippen LogP contribution in [-0.2, 0) is 4.74 Å². The smallest absolute Gasteiger partial charge is 0.0684 e. The van der Waals surface area contributed by atoms with Gasteiger partial charge < -0.3 is 10.1 Å². The Morgan fingerprint density at radius 3 is 2.70 bits per heavy atom. The van der Waals surface area contributed by atoms with Gasteiger partial charge in [-0.05, 0) is 37.5 Å². The number of hydrogen-bond donors (Lipinski definition) is 1. The van der Waals surface area contributed by atoms with E-state index < -0.39 is 0 Å². The van der Waals surface area contributed by atoms with Crippen molar-refractivity contribution in [2.75, 3.05) is 6.61 Å². The molecule has 1 heterocycles. The van der Waals surface area contributed by atoms with E-state index in [2.05, 4.69) is 38.2 Å². The average Bonchev–Trinajstić information content (AvgIpc) is 2.45. The topological polar surface area (TPSA) is 21.3 Å². The number of hydrogen-bond acceptors (Lipinski definition) is 2. The highest BCUT2D eigenvalue weighted by molar-refractivity contribution is 6.30. The number of benzene rings is 1. The fraction of sp³-hybridized carbons (Fsp3) is 0.647. The first-order valence-corrected chi connectivity index (χ1v) is 8.01. The standard InChI is InChI=1S/C17H24ClNO/c1-11(12-6-8-13(18)9-7-12)19-15-14-5-4-10-20-16(14)17(15,2)3/h6-9,11,14-16,19H,4-5,10H2,1-3H3/t11-,14?,15?,16?/m1/s1. The van der Waals surface area contributed by atoms with Crippen molar-refractivity contribution in [1.82, 2.24) is 5.32 Å². The lowest BCUT2D eigenvalue weighted by atomic mass is 9.55. The van der Waals surface area contributed by atoms with E-state index in [1.165, 1.54) is 18.4 Å². The number of fused-ring (bicyclic) bond motifs is 1. The molecule has 3 heteroatoms. The molecule has 4 atom stereocenters. The summed E-state index contributed by atoms with van der Waals surface area (Å²) in [6, 6.07) is 9.04. The van der Waals surface area contributed by atoms with E-state index in [9.17, 15) is 0 Å². The van der Waals surface area contributed by atoms with Gasteiger partial charge in [0.1, 0.15) is 0 Å². The molecule has 1 saturated heterocycles. The van der Waals surface area contributed by atoms with Crippen LogP contribution in [-0.4, -0.2) is 18.8 Å². The summed E-state index contributed by atoms with van der Waals surface area (Å²) in [4.78, 5) is 0. The zero-order valence-corrected chi connectivity index (χ0v) is 13.3. The lowest BCUT2D eigenvalue weighted by Gasteiger charge is -2.60. The van der Waals surface area contributed by atoms with Gasteiger partial charge in [0, 0.05) is 35.0 Å². The molecular formula is C17H24ClNO. The van der Waals surface area contributed by atoms with Crippen molar-refractivity contribution < 1.29 is 4.74 Å². The molecule has 2 aliphatic rings. The first kappa shape index (κ1) is 14.4. The highest BCUT2D eigenvalue weighted by Crippen LogP contribution is 2.51. The molecular weight excluding hydrogens is 270 g/mol. The molecule has 0 spiro atoms. The molecule has 3 rings (SSSR count). The third-order valence-electron chi connectivity index (χ3n) is 5.13. The largest absolute Gasteiger partial charge is 0.377 e. The van der Waals surface area contributed by atoms with Crippen LogP contribution in [0.5, 0.6) is 0 Å². The predicted octanol–water partition coefficient (Wildman–Crippen LogP) is 4.19. The van der Waals surface area contributed by atoms with Crippen LogP contribution in [0.15, 0.2) is 24.3 Å². The van der Waals surface area contributed by atoms with Gasteiger partial charge in [0.2, 0.25) is 0 Å². The summed E-state index contributed by atoms with van der Waals surface area (Å²) in [6.45, 7) is 7.82. The van der Waals surface area contributed by atoms with Crippen LogP contribution in [0.3, 0.4) is 0 Å². The zero-order chi connectivity index (χ0) is 14.3. The molecule has 1 aromatic rings. The summed E-state index contributed by atoms with van der Waals surface area (Å²) in [5.41, 5.74) is 1.52. The van der Waals surface area contributed by atoms with E-state index in [0.29, 0.717) is 24.1 Å². The molecule has 1 aliphatic carbocycles. The summed E-state index contributed by atoms with van der Waals surface area (Å²) in [5.74, 6) is 0.675. The normalized spacial score (nSPS) is 33.1. The van der Waals surface area contributed by atoms with Gasteiger partial charge in [0.25, 0.3) is 0 Å². The minimum atomic E-state index is 0.228. The van der Waals surface area contributed by atoms with Crippen molar-refractivity contribution in [1.29, 1.82) is 0 Å². The third kappa shape index (κ3) is 2.38. The van der Waals surface area contributed by atoms with E-state index in [1.807, 2.05) is 12.1 Å². The first-order valence-electron chi connectivity index (χ1n) is 7.63. The Morgan fingerprint density at radius 1 is 1.30 bits per heavy atom. The Balaban J connectivity index is 1.69. The second-order valence-corrected chi connectivity index (χ2v) is 7.27. The van der Waals surface area contributed by atoms with Crippen LogP contribution in [0.25, 0.3) is 0 Å². The lowest BCUT2D eigenvalue weighted by Crippen LogP contribution is -2.69.